The zero-order valence-electron chi connectivity index (χ0n) is 7.58. The maximum Gasteiger partial charge on any atom is 0.292 e. The lowest BCUT2D eigenvalue weighted by Crippen LogP contribution is -1.91. The topological polar surface area (TPSA) is 33.0 Å². The highest BCUT2D eigenvalue weighted by atomic mass is 16.5. The summed E-state index contributed by atoms with van der Waals surface area (Å²) in [5.41, 5.74) is 2.05. The minimum Gasteiger partial charge on any atom is -0.388 e. The Labute approximate surface area is 78.1 Å². The number of ether oxygens (including phenoxy) is 1. The Balaban J connectivity index is 2.92. The van der Waals surface area contributed by atoms with Crippen molar-refractivity contribution in [2.24, 2.45) is 0 Å². The van der Waals surface area contributed by atoms with Gasteiger partial charge in [-0.05, 0) is 25.0 Å². The summed E-state index contributed by atoms with van der Waals surface area (Å²) in [7, 11) is 0. The summed E-state index contributed by atoms with van der Waals surface area (Å²) in [5, 5.41) is 8.38. The summed E-state index contributed by atoms with van der Waals surface area (Å²) >= 11 is 0. The van der Waals surface area contributed by atoms with Crippen molar-refractivity contribution in [2.45, 2.75) is 13.3 Å². The van der Waals surface area contributed by atoms with E-state index in [2.05, 4.69) is 6.58 Å². The minimum atomic E-state index is 0.619. The predicted octanol–water partition coefficient (Wildman–Crippen LogP) is 2.67. The van der Waals surface area contributed by atoms with Gasteiger partial charge in [-0.1, -0.05) is 30.4 Å². The second-order valence-corrected chi connectivity index (χ2v) is 2.93. The zero-order chi connectivity index (χ0) is 9.68. The highest BCUT2D eigenvalue weighted by Crippen LogP contribution is 2.20. The van der Waals surface area contributed by atoms with Gasteiger partial charge in [-0.25, -0.2) is 0 Å². The molecule has 0 bridgehead atoms. The highest BCUT2D eigenvalue weighted by molar-refractivity contribution is 5.36. The second-order valence-electron chi connectivity index (χ2n) is 2.93. The van der Waals surface area contributed by atoms with Gasteiger partial charge in [0, 0.05) is 0 Å². The molecule has 0 aliphatic heterocycles. The van der Waals surface area contributed by atoms with Crippen LogP contribution < -0.4 is 4.74 Å². The van der Waals surface area contributed by atoms with E-state index in [9.17, 15) is 0 Å². The molecule has 0 aliphatic rings. The first-order valence-corrected chi connectivity index (χ1v) is 4.02. The summed E-state index contributed by atoms with van der Waals surface area (Å²) < 4.78 is 4.80. The third-order valence-electron chi connectivity index (χ3n) is 1.62. The molecule has 0 heterocycles. The number of nitriles is 1. The van der Waals surface area contributed by atoms with Crippen molar-refractivity contribution in [3.63, 3.8) is 0 Å². The fraction of sp³-hybridized carbons (Fsp3) is 0.182. The Morgan fingerprint density at radius 2 is 2.23 bits per heavy atom. The van der Waals surface area contributed by atoms with E-state index in [4.69, 9.17) is 10.00 Å². The van der Waals surface area contributed by atoms with Gasteiger partial charge in [-0.3, -0.25) is 0 Å². The number of hydrogen-bond acceptors (Lipinski definition) is 2. The molecule has 1 rings (SSSR count). The SMILES string of the molecule is C=C(C)Cc1ccccc1OC#N. The second kappa shape index (κ2) is 4.32. The molecule has 0 N–H and O–H groups in total. The van der Waals surface area contributed by atoms with Crippen LogP contribution in [0.15, 0.2) is 36.4 Å². The van der Waals surface area contributed by atoms with Crippen molar-refractivity contribution >= 4 is 0 Å². The van der Waals surface area contributed by atoms with Crippen LogP contribution >= 0.6 is 0 Å². The largest absolute Gasteiger partial charge is 0.388 e. The maximum absolute atomic E-state index is 8.38. The van der Waals surface area contributed by atoms with E-state index in [-0.39, 0.29) is 0 Å². The molecule has 13 heavy (non-hydrogen) atoms. The molecule has 66 valence electrons. The molecule has 0 saturated carbocycles. The Morgan fingerprint density at radius 3 is 2.85 bits per heavy atom. The third-order valence-corrected chi connectivity index (χ3v) is 1.62. The van der Waals surface area contributed by atoms with Crippen LogP contribution in [-0.4, -0.2) is 0 Å². The zero-order valence-corrected chi connectivity index (χ0v) is 7.58. The van der Waals surface area contributed by atoms with Crippen molar-refractivity contribution in [3.05, 3.63) is 42.0 Å². The molecule has 2 nitrogen and oxygen atoms in total. The van der Waals surface area contributed by atoms with E-state index in [1.54, 1.807) is 12.3 Å². The Bertz CT molecular complexity index is 349. The van der Waals surface area contributed by atoms with Crippen LogP contribution in [0.2, 0.25) is 0 Å². The lowest BCUT2D eigenvalue weighted by Gasteiger charge is -2.04. The summed E-state index contributed by atoms with van der Waals surface area (Å²) in [4.78, 5) is 0. The van der Waals surface area contributed by atoms with Crippen molar-refractivity contribution in [1.29, 1.82) is 5.26 Å². The van der Waals surface area contributed by atoms with Crippen molar-refractivity contribution in [1.82, 2.24) is 0 Å². The van der Waals surface area contributed by atoms with E-state index in [0.29, 0.717) is 5.75 Å². The van der Waals surface area contributed by atoms with Crippen LogP contribution in [0.3, 0.4) is 0 Å². The average molecular weight is 173 g/mol. The standard InChI is InChI=1S/C11H11NO/c1-9(2)7-10-5-3-4-6-11(10)13-8-12/h3-6H,1,7H2,2H3. The van der Waals surface area contributed by atoms with Crippen molar-refractivity contribution < 1.29 is 4.74 Å². The Morgan fingerprint density at radius 1 is 1.54 bits per heavy atom. The van der Waals surface area contributed by atoms with E-state index in [1.807, 2.05) is 25.1 Å². The van der Waals surface area contributed by atoms with Gasteiger partial charge in [-0.15, -0.1) is 5.26 Å². The molecule has 0 aliphatic carbocycles. The van der Waals surface area contributed by atoms with Gasteiger partial charge in [0.1, 0.15) is 5.75 Å². The lowest BCUT2D eigenvalue weighted by atomic mass is 10.1. The van der Waals surface area contributed by atoms with Gasteiger partial charge < -0.3 is 4.74 Å². The summed E-state index contributed by atoms with van der Waals surface area (Å²) in [6.07, 6.45) is 2.42. The first-order chi connectivity index (χ1) is 6.24. The van der Waals surface area contributed by atoms with E-state index < -0.39 is 0 Å². The minimum absolute atomic E-state index is 0.619. The van der Waals surface area contributed by atoms with E-state index in [1.165, 1.54) is 0 Å². The Kier molecular flexibility index (Phi) is 3.10. The molecule has 0 spiro atoms. The van der Waals surface area contributed by atoms with Crippen LogP contribution in [0.4, 0.5) is 0 Å². The summed E-state index contributed by atoms with van der Waals surface area (Å²) in [6, 6.07) is 7.47. The summed E-state index contributed by atoms with van der Waals surface area (Å²) in [6.45, 7) is 5.76. The molecular formula is C11H11NO. The normalized spacial score (nSPS) is 8.92. The van der Waals surface area contributed by atoms with Gasteiger partial charge in [-0.2, -0.15) is 0 Å². The third kappa shape index (κ3) is 2.64. The van der Waals surface area contributed by atoms with Crippen LogP contribution in [-0.2, 0) is 6.42 Å². The number of para-hydroxylation sites is 1. The quantitative estimate of drug-likeness (QED) is 0.520. The molecule has 2 heteroatoms. The van der Waals surface area contributed by atoms with Gasteiger partial charge >= 0.3 is 0 Å². The molecule has 0 amide bonds. The molecule has 0 saturated heterocycles. The lowest BCUT2D eigenvalue weighted by molar-refractivity contribution is 0.501. The number of allylic oxidation sites excluding steroid dienone is 1. The molecule has 0 atom stereocenters. The fourth-order valence-electron chi connectivity index (χ4n) is 1.12. The molecule has 0 unspecified atom stereocenters. The van der Waals surface area contributed by atoms with Crippen LogP contribution in [0.1, 0.15) is 12.5 Å². The maximum atomic E-state index is 8.38. The number of hydrogen-bond donors (Lipinski definition) is 0. The average Bonchev–Trinajstić information content (AvgIpc) is 2.08. The van der Waals surface area contributed by atoms with Gasteiger partial charge in [0.25, 0.3) is 6.26 Å². The van der Waals surface area contributed by atoms with Crippen LogP contribution in [0.25, 0.3) is 0 Å². The highest BCUT2D eigenvalue weighted by Gasteiger charge is 2.01. The van der Waals surface area contributed by atoms with Gasteiger partial charge in [0.05, 0.1) is 0 Å². The van der Waals surface area contributed by atoms with Crippen LogP contribution in [0.5, 0.6) is 5.75 Å². The molecule has 1 aromatic carbocycles. The predicted molar refractivity (Wildman–Crippen MR) is 51.2 cm³/mol. The molecule has 1 aromatic rings. The first-order valence-electron chi connectivity index (χ1n) is 4.02. The summed E-state index contributed by atoms with van der Waals surface area (Å²) in [5.74, 6) is 0.619. The monoisotopic (exact) mass is 173 g/mol. The number of nitrogens with zero attached hydrogens (tertiary/aromatic N) is 1. The van der Waals surface area contributed by atoms with Crippen molar-refractivity contribution in [3.8, 4) is 12.0 Å². The van der Waals surface area contributed by atoms with Crippen LogP contribution in [0, 0.1) is 11.5 Å². The first kappa shape index (κ1) is 9.34. The van der Waals surface area contributed by atoms with Crippen molar-refractivity contribution in [2.75, 3.05) is 0 Å². The molecule has 0 aromatic heterocycles. The molecule has 0 fully saturated rings. The molecule has 0 radical (unpaired) electrons. The van der Waals surface area contributed by atoms with Gasteiger partial charge in [0.2, 0.25) is 0 Å². The van der Waals surface area contributed by atoms with E-state index >= 15 is 0 Å². The molecular weight excluding hydrogens is 162 g/mol. The Hall–Kier alpha value is -1.75. The van der Waals surface area contributed by atoms with E-state index in [0.717, 1.165) is 17.6 Å². The fourth-order valence-corrected chi connectivity index (χ4v) is 1.12. The number of rotatable bonds is 3. The number of benzene rings is 1. The smallest absolute Gasteiger partial charge is 0.292 e. The van der Waals surface area contributed by atoms with Gasteiger partial charge in [0.15, 0.2) is 0 Å².